The zero-order valence-electron chi connectivity index (χ0n) is 5.55. The van der Waals surface area contributed by atoms with Crippen LogP contribution in [0.4, 0.5) is 0 Å². The number of hydrogen-bond acceptors (Lipinski definition) is 3. The first-order valence-electron chi connectivity index (χ1n) is 2.91. The maximum Gasteiger partial charge on any atom is 0.244 e. The predicted molar refractivity (Wildman–Crippen MR) is 36.4 cm³/mol. The molecule has 0 atom stereocenters. The molecule has 0 aliphatic carbocycles. The minimum Gasteiger partial charge on any atom is -0.353 e. The van der Waals surface area contributed by atoms with E-state index in [0.29, 0.717) is 11.8 Å². The largest absolute Gasteiger partial charge is 0.353 e. The average Bonchev–Trinajstić information content (AvgIpc) is 2.17. The van der Waals surface area contributed by atoms with E-state index < -0.39 is 0 Å². The molecule has 1 heterocycles. The van der Waals surface area contributed by atoms with Gasteiger partial charge in [-0.1, -0.05) is 0 Å². The molecule has 0 amide bonds. The summed E-state index contributed by atoms with van der Waals surface area (Å²) in [4.78, 5) is 0. The molecule has 0 aromatic heterocycles. The van der Waals surface area contributed by atoms with Gasteiger partial charge in [0.25, 0.3) is 0 Å². The molecule has 0 fully saturated rings. The van der Waals surface area contributed by atoms with Crippen molar-refractivity contribution in [2.24, 2.45) is 10.2 Å². The van der Waals surface area contributed by atoms with E-state index in [0.717, 1.165) is 6.54 Å². The fourth-order valence-electron chi connectivity index (χ4n) is 0.551. The number of amidine groups is 1. The molecule has 9 heavy (non-hydrogen) atoms. The van der Waals surface area contributed by atoms with Gasteiger partial charge in [-0.15, -0.1) is 10.2 Å². The highest BCUT2D eigenvalue weighted by molar-refractivity contribution is 6.01. The van der Waals surface area contributed by atoms with Crippen molar-refractivity contribution in [3.8, 4) is 0 Å². The molecule has 0 unspecified atom stereocenters. The highest BCUT2D eigenvalue weighted by Gasteiger charge is 2.05. The molecule has 1 radical (unpaired) electrons. The predicted octanol–water partition coefficient (Wildman–Crippen LogP) is -0.0967. The fraction of sp³-hybridized carbons (Fsp3) is 0.600. The number of nitrogens with zero attached hydrogens (tertiary/aromatic N) is 3. The molecule has 4 nitrogen and oxygen atoms in total. The lowest BCUT2D eigenvalue weighted by Gasteiger charge is -1.97. The van der Waals surface area contributed by atoms with Gasteiger partial charge in [-0.2, -0.15) is 5.32 Å². The topological polar surface area (TPSA) is 50.9 Å². The Balaban J connectivity index is 2.35. The standard InChI is InChI=1S/C5H9N4/c1-3-6-5-7-4(2)8-9-5/h3H2,1-2H3,(H,6,9). The summed E-state index contributed by atoms with van der Waals surface area (Å²) in [6.07, 6.45) is 0. The van der Waals surface area contributed by atoms with Gasteiger partial charge in [0.2, 0.25) is 5.96 Å². The van der Waals surface area contributed by atoms with Crippen LogP contribution in [0.2, 0.25) is 0 Å². The lowest BCUT2D eigenvalue weighted by atomic mass is 10.6. The van der Waals surface area contributed by atoms with Crippen LogP contribution in [0, 0.1) is 0 Å². The van der Waals surface area contributed by atoms with Crippen LogP contribution in [0.25, 0.3) is 0 Å². The summed E-state index contributed by atoms with van der Waals surface area (Å²) >= 11 is 0. The third kappa shape index (κ3) is 1.42. The lowest BCUT2D eigenvalue weighted by molar-refractivity contribution is 0.935. The van der Waals surface area contributed by atoms with Gasteiger partial charge in [0.15, 0.2) is 5.84 Å². The molecular weight excluding hydrogens is 116 g/mol. The van der Waals surface area contributed by atoms with Crippen LogP contribution in [0.5, 0.6) is 0 Å². The first-order valence-corrected chi connectivity index (χ1v) is 2.91. The molecule has 0 aromatic carbocycles. The molecule has 1 N–H and O–H groups in total. The Labute approximate surface area is 54.1 Å². The number of rotatable bonds is 1. The Hall–Kier alpha value is -1.06. The molecular formula is C5H9N4. The van der Waals surface area contributed by atoms with Crippen LogP contribution >= 0.6 is 0 Å². The third-order valence-electron chi connectivity index (χ3n) is 0.892. The molecule has 0 aromatic rings. The number of nitrogens with one attached hydrogen (secondary N) is 1. The first-order chi connectivity index (χ1) is 4.33. The lowest BCUT2D eigenvalue weighted by Crippen LogP contribution is -2.30. The molecule has 1 aliphatic rings. The maximum absolute atomic E-state index is 3.97. The zero-order chi connectivity index (χ0) is 6.69. The van der Waals surface area contributed by atoms with Crippen molar-refractivity contribution in [1.82, 2.24) is 10.6 Å². The van der Waals surface area contributed by atoms with Crippen LogP contribution in [0.15, 0.2) is 10.2 Å². The minimum atomic E-state index is 0.620. The van der Waals surface area contributed by atoms with Crippen molar-refractivity contribution >= 4 is 11.8 Å². The van der Waals surface area contributed by atoms with E-state index in [2.05, 4.69) is 20.8 Å². The normalized spacial score (nSPS) is 16.2. The average molecular weight is 125 g/mol. The van der Waals surface area contributed by atoms with Crippen molar-refractivity contribution in [2.45, 2.75) is 13.8 Å². The Morgan fingerprint density at radius 2 is 2.22 bits per heavy atom. The van der Waals surface area contributed by atoms with Crippen molar-refractivity contribution in [1.29, 1.82) is 0 Å². The monoisotopic (exact) mass is 125 g/mol. The Bertz CT molecular complexity index is 158. The van der Waals surface area contributed by atoms with E-state index in [1.54, 1.807) is 0 Å². The summed E-state index contributed by atoms with van der Waals surface area (Å²) < 4.78 is 0. The van der Waals surface area contributed by atoms with Gasteiger partial charge in [-0.25, -0.2) is 0 Å². The molecule has 0 saturated heterocycles. The summed E-state index contributed by atoms with van der Waals surface area (Å²) in [5.41, 5.74) is 0. The first kappa shape index (κ1) is 6.07. The molecule has 0 saturated carbocycles. The summed E-state index contributed by atoms with van der Waals surface area (Å²) in [5, 5.41) is 14.4. The van der Waals surface area contributed by atoms with Crippen molar-refractivity contribution in [3.05, 3.63) is 0 Å². The van der Waals surface area contributed by atoms with Crippen molar-refractivity contribution < 1.29 is 0 Å². The maximum atomic E-state index is 3.97. The SMILES string of the molecule is CCNC1=NN=C(C)[N]1. The molecule has 0 spiro atoms. The fourth-order valence-corrected chi connectivity index (χ4v) is 0.551. The van der Waals surface area contributed by atoms with Gasteiger partial charge in [0.1, 0.15) is 0 Å². The molecule has 49 valence electrons. The second-order valence-corrected chi connectivity index (χ2v) is 1.71. The van der Waals surface area contributed by atoms with E-state index in [1.165, 1.54) is 0 Å². The quantitative estimate of drug-likeness (QED) is 0.523. The van der Waals surface area contributed by atoms with Crippen molar-refractivity contribution in [2.75, 3.05) is 6.54 Å². The minimum absolute atomic E-state index is 0.620. The third-order valence-corrected chi connectivity index (χ3v) is 0.892. The summed E-state index contributed by atoms with van der Waals surface area (Å²) in [7, 11) is 0. The zero-order valence-corrected chi connectivity index (χ0v) is 5.55. The van der Waals surface area contributed by atoms with Crippen LogP contribution in [0.1, 0.15) is 13.8 Å². The smallest absolute Gasteiger partial charge is 0.244 e. The van der Waals surface area contributed by atoms with Crippen LogP contribution in [0.3, 0.4) is 0 Å². The van der Waals surface area contributed by atoms with E-state index >= 15 is 0 Å². The van der Waals surface area contributed by atoms with Gasteiger partial charge >= 0.3 is 0 Å². The van der Waals surface area contributed by atoms with Crippen LogP contribution in [-0.4, -0.2) is 18.3 Å². The van der Waals surface area contributed by atoms with Gasteiger partial charge in [-0.05, 0) is 13.8 Å². The van der Waals surface area contributed by atoms with Gasteiger partial charge < -0.3 is 5.32 Å². The Morgan fingerprint density at radius 1 is 1.44 bits per heavy atom. The van der Waals surface area contributed by atoms with Gasteiger partial charge in [0, 0.05) is 6.54 Å². The number of guanidine groups is 1. The number of hydrogen-bond donors (Lipinski definition) is 1. The molecule has 1 rings (SSSR count). The molecule has 4 heteroatoms. The molecule has 0 bridgehead atoms. The van der Waals surface area contributed by atoms with E-state index in [1.807, 2.05) is 13.8 Å². The van der Waals surface area contributed by atoms with Gasteiger partial charge in [-0.3, -0.25) is 0 Å². The summed E-state index contributed by atoms with van der Waals surface area (Å²) in [5.74, 6) is 1.33. The van der Waals surface area contributed by atoms with Crippen molar-refractivity contribution in [3.63, 3.8) is 0 Å². The summed E-state index contributed by atoms with van der Waals surface area (Å²) in [6, 6.07) is 0. The van der Waals surface area contributed by atoms with E-state index in [-0.39, 0.29) is 0 Å². The second kappa shape index (κ2) is 2.48. The van der Waals surface area contributed by atoms with Gasteiger partial charge in [0.05, 0.1) is 0 Å². The van der Waals surface area contributed by atoms with Crippen LogP contribution in [-0.2, 0) is 0 Å². The summed E-state index contributed by atoms with van der Waals surface area (Å²) in [6.45, 7) is 4.64. The van der Waals surface area contributed by atoms with E-state index in [4.69, 9.17) is 0 Å². The Morgan fingerprint density at radius 3 is 2.67 bits per heavy atom. The molecule has 1 aliphatic heterocycles. The van der Waals surface area contributed by atoms with E-state index in [9.17, 15) is 0 Å². The second-order valence-electron chi connectivity index (χ2n) is 1.71. The van der Waals surface area contributed by atoms with Crippen LogP contribution < -0.4 is 10.6 Å². The highest BCUT2D eigenvalue weighted by atomic mass is 15.4. The Kier molecular flexibility index (Phi) is 1.67. The highest BCUT2D eigenvalue weighted by Crippen LogP contribution is 1.87.